The molecule has 0 amide bonds. The first kappa shape index (κ1) is 22.7. The highest BCUT2D eigenvalue weighted by molar-refractivity contribution is 5.26. The molecule has 3 saturated carbocycles. The summed E-state index contributed by atoms with van der Waals surface area (Å²) in [4.78, 5) is 0. The van der Waals surface area contributed by atoms with Crippen molar-refractivity contribution in [3.05, 3.63) is 11.6 Å². The summed E-state index contributed by atoms with van der Waals surface area (Å²) in [5, 5.41) is 20.1. The van der Waals surface area contributed by atoms with Crippen molar-refractivity contribution in [1.82, 2.24) is 0 Å². The van der Waals surface area contributed by atoms with Crippen LogP contribution in [0.15, 0.2) is 11.6 Å². The molecule has 30 heavy (non-hydrogen) atoms. The highest BCUT2D eigenvalue weighted by atomic mass is 19.3. The minimum atomic E-state index is -3.00. The van der Waals surface area contributed by atoms with E-state index in [1.165, 1.54) is 18.9 Å². The normalized spacial score (nSPS) is 48.2. The summed E-state index contributed by atoms with van der Waals surface area (Å²) < 4.78 is 28.6. The van der Waals surface area contributed by atoms with Gasteiger partial charge < -0.3 is 10.2 Å². The van der Waals surface area contributed by atoms with Crippen LogP contribution < -0.4 is 0 Å². The van der Waals surface area contributed by atoms with Crippen LogP contribution in [0, 0.1) is 40.4 Å². The molecule has 4 rings (SSSR count). The van der Waals surface area contributed by atoms with Crippen LogP contribution >= 0.6 is 0 Å². The third-order valence-corrected chi connectivity index (χ3v) is 10.3. The lowest BCUT2D eigenvalue weighted by atomic mass is 9.46. The molecule has 0 aromatic rings. The van der Waals surface area contributed by atoms with E-state index >= 15 is 0 Å². The van der Waals surface area contributed by atoms with Crippen molar-refractivity contribution >= 4 is 0 Å². The van der Waals surface area contributed by atoms with Crippen LogP contribution in [-0.4, -0.2) is 27.8 Å². The number of aliphatic hydroxyl groups excluding tert-OH is 1. The maximum atomic E-state index is 14.3. The monoisotopic (exact) mass is 424 g/mol. The van der Waals surface area contributed by atoms with E-state index in [-0.39, 0.29) is 23.2 Å². The Kier molecular flexibility index (Phi) is 5.50. The van der Waals surface area contributed by atoms with Gasteiger partial charge in [-0.2, -0.15) is 0 Å². The standard InChI is InChI=1S/C26H42F2O2/c1-16(14-26(27,28)17(2)29)20-8-9-21-19-7-6-18-15-23(3,30)12-13-24(18,4)22(19)10-11-25(20,21)5/h6,16-17,19-22,29-30H,7-15H2,1-5H3/t16-,17+,19+,20?,21+,22+,23+,24+,25-/m1/s1. The van der Waals surface area contributed by atoms with Gasteiger partial charge in [0.2, 0.25) is 0 Å². The van der Waals surface area contributed by atoms with Gasteiger partial charge >= 0.3 is 0 Å². The third-order valence-electron chi connectivity index (χ3n) is 10.3. The first-order chi connectivity index (χ1) is 13.8. The van der Waals surface area contributed by atoms with E-state index < -0.39 is 17.6 Å². The molecule has 9 atom stereocenters. The van der Waals surface area contributed by atoms with Crippen LogP contribution in [0.2, 0.25) is 0 Å². The lowest BCUT2D eigenvalue weighted by Gasteiger charge is -2.59. The van der Waals surface area contributed by atoms with Gasteiger partial charge in [-0.15, -0.1) is 0 Å². The quantitative estimate of drug-likeness (QED) is 0.516. The Morgan fingerprint density at radius 2 is 1.77 bits per heavy atom. The molecule has 0 spiro atoms. The number of aliphatic hydroxyl groups is 2. The summed E-state index contributed by atoms with van der Waals surface area (Å²) in [6.07, 6.45) is 9.02. The van der Waals surface area contributed by atoms with Gasteiger partial charge in [0.25, 0.3) is 5.92 Å². The summed E-state index contributed by atoms with van der Waals surface area (Å²) in [5.74, 6) is -0.829. The van der Waals surface area contributed by atoms with Gasteiger partial charge in [-0.3, -0.25) is 0 Å². The molecule has 3 fully saturated rings. The van der Waals surface area contributed by atoms with Crippen molar-refractivity contribution in [1.29, 1.82) is 0 Å². The van der Waals surface area contributed by atoms with E-state index in [4.69, 9.17) is 0 Å². The topological polar surface area (TPSA) is 40.5 Å². The Bertz CT molecular complexity index is 699. The van der Waals surface area contributed by atoms with Crippen molar-refractivity contribution in [3.63, 3.8) is 0 Å². The van der Waals surface area contributed by atoms with Crippen molar-refractivity contribution in [2.75, 3.05) is 0 Å². The van der Waals surface area contributed by atoms with Crippen LogP contribution in [0.5, 0.6) is 0 Å². The van der Waals surface area contributed by atoms with Crippen molar-refractivity contribution in [3.8, 4) is 0 Å². The molecule has 1 unspecified atom stereocenters. The largest absolute Gasteiger partial charge is 0.390 e. The lowest BCUT2D eigenvalue weighted by Crippen LogP contribution is -2.52. The zero-order chi connectivity index (χ0) is 22.1. The van der Waals surface area contributed by atoms with Crippen LogP contribution in [-0.2, 0) is 0 Å². The number of alkyl halides is 2. The molecular weight excluding hydrogens is 382 g/mol. The summed E-state index contributed by atoms with van der Waals surface area (Å²) in [5.41, 5.74) is 1.25. The Morgan fingerprint density at radius 1 is 1.07 bits per heavy atom. The van der Waals surface area contributed by atoms with E-state index in [9.17, 15) is 19.0 Å². The van der Waals surface area contributed by atoms with Gasteiger partial charge in [-0.25, -0.2) is 8.78 Å². The molecule has 0 heterocycles. The van der Waals surface area contributed by atoms with E-state index in [1.807, 2.05) is 13.8 Å². The van der Waals surface area contributed by atoms with Crippen LogP contribution in [0.3, 0.4) is 0 Å². The molecule has 0 saturated heterocycles. The number of hydrogen-bond donors (Lipinski definition) is 2. The SMILES string of the molecule is C[C@H](CC(F)(F)[C@H](C)O)C1CC[C@H]2[C@@H]3CC=C4C[C@@](C)(O)CC[C@]4(C)[C@H]3CC[C@]12C. The Hall–Kier alpha value is -0.480. The first-order valence-electron chi connectivity index (χ1n) is 12.3. The van der Waals surface area contributed by atoms with Crippen LogP contribution in [0.25, 0.3) is 0 Å². The zero-order valence-electron chi connectivity index (χ0n) is 19.6. The number of halogens is 2. The maximum absolute atomic E-state index is 14.3. The van der Waals surface area contributed by atoms with Gasteiger partial charge in [0.15, 0.2) is 0 Å². The number of fused-ring (bicyclic) bond motifs is 5. The molecule has 0 bridgehead atoms. The highest BCUT2D eigenvalue weighted by Crippen LogP contribution is 2.67. The van der Waals surface area contributed by atoms with Crippen LogP contribution in [0.4, 0.5) is 8.78 Å². The summed E-state index contributed by atoms with van der Waals surface area (Å²) in [7, 11) is 0. The van der Waals surface area contributed by atoms with Gasteiger partial charge in [0.1, 0.15) is 6.10 Å². The Balaban J connectivity index is 1.55. The molecular formula is C26H42F2O2. The fourth-order valence-electron chi connectivity index (χ4n) is 8.52. The second kappa shape index (κ2) is 7.27. The van der Waals surface area contributed by atoms with E-state index in [2.05, 4.69) is 19.9 Å². The third kappa shape index (κ3) is 3.49. The molecule has 0 aromatic heterocycles. The molecule has 2 nitrogen and oxygen atoms in total. The average Bonchev–Trinajstić information content (AvgIpc) is 2.99. The molecule has 4 aliphatic carbocycles. The van der Waals surface area contributed by atoms with Gasteiger partial charge in [-0.05, 0) is 106 Å². The second-order valence-electron chi connectivity index (χ2n) is 12.3. The lowest BCUT2D eigenvalue weighted by molar-refractivity contribution is -0.125. The summed E-state index contributed by atoms with van der Waals surface area (Å²) >= 11 is 0. The molecule has 2 N–H and O–H groups in total. The molecule has 0 radical (unpaired) electrons. The Morgan fingerprint density at radius 3 is 2.43 bits per heavy atom. The van der Waals surface area contributed by atoms with Crippen molar-refractivity contribution in [2.24, 2.45) is 40.4 Å². The van der Waals surface area contributed by atoms with E-state index in [0.717, 1.165) is 44.9 Å². The number of rotatable bonds is 4. The number of hydrogen-bond acceptors (Lipinski definition) is 2. The average molecular weight is 425 g/mol. The maximum Gasteiger partial charge on any atom is 0.273 e. The summed E-state index contributed by atoms with van der Waals surface area (Å²) in [6, 6.07) is 0. The number of allylic oxidation sites excluding steroid dienone is 1. The fourth-order valence-corrected chi connectivity index (χ4v) is 8.52. The van der Waals surface area contributed by atoms with Crippen LogP contribution in [0.1, 0.15) is 92.4 Å². The Labute approximate surface area is 181 Å². The fraction of sp³-hybridized carbons (Fsp3) is 0.923. The summed E-state index contributed by atoms with van der Waals surface area (Å²) in [6.45, 7) is 10.0. The molecule has 4 heteroatoms. The van der Waals surface area contributed by atoms with Gasteiger partial charge in [0.05, 0.1) is 5.60 Å². The molecule has 0 aliphatic heterocycles. The zero-order valence-corrected chi connectivity index (χ0v) is 19.6. The van der Waals surface area contributed by atoms with Crippen molar-refractivity contribution in [2.45, 2.75) is 110 Å². The second-order valence-corrected chi connectivity index (χ2v) is 12.3. The van der Waals surface area contributed by atoms with E-state index in [1.54, 1.807) is 0 Å². The molecule has 4 aliphatic rings. The van der Waals surface area contributed by atoms with Gasteiger partial charge in [0, 0.05) is 6.42 Å². The molecule has 172 valence electrons. The molecule has 0 aromatic carbocycles. The smallest absolute Gasteiger partial charge is 0.273 e. The van der Waals surface area contributed by atoms with E-state index in [0.29, 0.717) is 23.7 Å². The predicted octanol–water partition coefficient (Wildman–Crippen LogP) is 6.36. The first-order valence-corrected chi connectivity index (χ1v) is 12.3. The van der Waals surface area contributed by atoms with Gasteiger partial charge in [-0.1, -0.05) is 32.4 Å². The minimum Gasteiger partial charge on any atom is -0.390 e. The van der Waals surface area contributed by atoms with Crippen molar-refractivity contribution < 1.29 is 19.0 Å². The minimum absolute atomic E-state index is 0.0730. The highest BCUT2D eigenvalue weighted by Gasteiger charge is 2.60. The predicted molar refractivity (Wildman–Crippen MR) is 116 cm³/mol.